The van der Waals surface area contributed by atoms with Gasteiger partial charge in [-0.25, -0.2) is 4.98 Å². The van der Waals surface area contributed by atoms with Crippen molar-refractivity contribution in [2.45, 2.75) is 13.8 Å². The van der Waals surface area contributed by atoms with Crippen molar-refractivity contribution in [3.63, 3.8) is 0 Å². The highest BCUT2D eigenvalue weighted by molar-refractivity contribution is 5.82. The second kappa shape index (κ2) is 4.26. The molecule has 0 atom stereocenters. The number of hydrogen-bond donors (Lipinski definition) is 0. The summed E-state index contributed by atoms with van der Waals surface area (Å²) in [5.74, 6) is 0. The number of nitrogens with zero attached hydrogens (tertiary/aromatic N) is 1. The summed E-state index contributed by atoms with van der Waals surface area (Å²) >= 11 is 0. The first kappa shape index (κ1) is 11.0. The first-order valence-electron chi connectivity index (χ1n) is 6.18. The molecule has 0 bridgehead atoms. The van der Waals surface area contributed by atoms with Gasteiger partial charge in [0, 0.05) is 10.9 Å². The molecule has 1 heteroatoms. The van der Waals surface area contributed by atoms with Crippen molar-refractivity contribution < 1.29 is 0 Å². The maximum absolute atomic E-state index is 4.75. The van der Waals surface area contributed by atoms with Gasteiger partial charge in [-0.2, -0.15) is 0 Å². The summed E-state index contributed by atoms with van der Waals surface area (Å²) in [6.45, 7) is 4.29. The molecule has 0 fully saturated rings. The molecule has 0 aliphatic rings. The lowest BCUT2D eigenvalue weighted by Gasteiger charge is -2.08. The van der Waals surface area contributed by atoms with E-state index in [0.29, 0.717) is 0 Å². The van der Waals surface area contributed by atoms with Gasteiger partial charge in [-0.3, -0.25) is 0 Å². The fourth-order valence-electron chi connectivity index (χ4n) is 2.24. The minimum Gasteiger partial charge on any atom is -0.248 e. The monoisotopic (exact) mass is 233 g/mol. The van der Waals surface area contributed by atoms with Crippen molar-refractivity contribution in [1.29, 1.82) is 0 Å². The summed E-state index contributed by atoms with van der Waals surface area (Å²) in [5, 5.41) is 1.19. The molecule has 0 N–H and O–H groups in total. The summed E-state index contributed by atoms with van der Waals surface area (Å²) in [4.78, 5) is 4.75. The van der Waals surface area contributed by atoms with Gasteiger partial charge >= 0.3 is 0 Å². The second-order valence-electron chi connectivity index (χ2n) is 4.64. The minimum absolute atomic E-state index is 1.05. The predicted molar refractivity (Wildman–Crippen MR) is 76.7 cm³/mol. The van der Waals surface area contributed by atoms with Crippen LogP contribution in [0, 0.1) is 13.8 Å². The number of benzene rings is 2. The Balaban J connectivity index is 2.22. The van der Waals surface area contributed by atoms with Gasteiger partial charge in [0.2, 0.25) is 0 Å². The molecular weight excluding hydrogens is 218 g/mol. The molecule has 0 amide bonds. The Morgan fingerprint density at radius 2 is 1.61 bits per heavy atom. The smallest absolute Gasteiger partial charge is 0.0712 e. The molecule has 0 saturated carbocycles. The van der Waals surface area contributed by atoms with Gasteiger partial charge < -0.3 is 0 Å². The van der Waals surface area contributed by atoms with E-state index in [1.165, 1.54) is 22.1 Å². The van der Waals surface area contributed by atoms with Crippen LogP contribution in [0.5, 0.6) is 0 Å². The lowest BCUT2D eigenvalue weighted by Crippen LogP contribution is -1.90. The van der Waals surface area contributed by atoms with E-state index >= 15 is 0 Å². The van der Waals surface area contributed by atoms with Crippen molar-refractivity contribution in [2.75, 3.05) is 0 Å². The molecule has 3 aromatic rings. The third-order valence-electron chi connectivity index (χ3n) is 3.48. The summed E-state index contributed by atoms with van der Waals surface area (Å²) in [7, 11) is 0. The highest BCUT2D eigenvalue weighted by Crippen LogP contribution is 2.25. The lowest BCUT2D eigenvalue weighted by atomic mass is 10.00. The molecule has 18 heavy (non-hydrogen) atoms. The largest absolute Gasteiger partial charge is 0.248 e. The zero-order valence-corrected chi connectivity index (χ0v) is 10.6. The molecule has 1 aromatic heterocycles. The van der Waals surface area contributed by atoms with Crippen LogP contribution >= 0.6 is 0 Å². The van der Waals surface area contributed by atoms with Gasteiger partial charge in [0.25, 0.3) is 0 Å². The number of aryl methyl sites for hydroxylation is 1. The van der Waals surface area contributed by atoms with Crippen molar-refractivity contribution in [2.24, 2.45) is 0 Å². The molecule has 3 rings (SSSR count). The average Bonchev–Trinajstić information content (AvgIpc) is 2.41. The second-order valence-corrected chi connectivity index (χ2v) is 4.64. The Morgan fingerprint density at radius 1 is 0.778 bits per heavy atom. The van der Waals surface area contributed by atoms with E-state index in [2.05, 4.69) is 56.3 Å². The van der Waals surface area contributed by atoms with E-state index < -0.39 is 0 Å². The summed E-state index contributed by atoms with van der Waals surface area (Å²) in [6.07, 6.45) is 0. The third kappa shape index (κ3) is 1.78. The van der Waals surface area contributed by atoms with Gasteiger partial charge in [-0.05, 0) is 37.1 Å². The van der Waals surface area contributed by atoms with Gasteiger partial charge in [-0.15, -0.1) is 0 Å². The van der Waals surface area contributed by atoms with Gasteiger partial charge in [0.05, 0.1) is 11.2 Å². The van der Waals surface area contributed by atoms with Gasteiger partial charge in [-0.1, -0.05) is 42.5 Å². The topological polar surface area (TPSA) is 12.9 Å². The van der Waals surface area contributed by atoms with Crippen LogP contribution < -0.4 is 0 Å². The number of pyridine rings is 1. The molecule has 1 nitrogen and oxygen atoms in total. The third-order valence-corrected chi connectivity index (χ3v) is 3.48. The standard InChI is InChI=1S/C17H15N/c1-12-6-5-8-15(13(12)2)17-11-10-14-7-3-4-9-16(14)18-17/h3-11H,1-2H3. The minimum atomic E-state index is 1.05. The Bertz CT molecular complexity index is 714. The van der Waals surface area contributed by atoms with Crippen molar-refractivity contribution in [3.05, 3.63) is 65.7 Å². The normalized spacial score (nSPS) is 10.8. The first-order chi connectivity index (χ1) is 8.75. The zero-order chi connectivity index (χ0) is 12.5. The van der Waals surface area contributed by atoms with Gasteiger partial charge in [0.1, 0.15) is 0 Å². The van der Waals surface area contributed by atoms with Crippen molar-refractivity contribution in [3.8, 4) is 11.3 Å². The number of para-hydroxylation sites is 1. The summed E-state index contributed by atoms with van der Waals surface area (Å²) in [6, 6.07) is 18.8. The highest BCUT2D eigenvalue weighted by Gasteiger charge is 2.05. The molecule has 0 aliphatic carbocycles. The summed E-state index contributed by atoms with van der Waals surface area (Å²) < 4.78 is 0. The van der Waals surface area contributed by atoms with E-state index in [1.807, 2.05) is 12.1 Å². The van der Waals surface area contributed by atoms with Crippen LogP contribution in [0.2, 0.25) is 0 Å². The Labute approximate surface area is 107 Å². The fourth-order valence-corrected chi connectivity index (χ4v) is 2.24. The summed E-state index contributed by atoms with van der Waals surface area (Å²) in [5.41, 5.74) is 5.94. The van der Waals surface area contributed by atoms with Crippen LogP contribution in [-0.2, 0) is 0 Å². The molecular formula is C17H15N. The molecule has 0 spiro atoms. The van der Waals surface area contributed by atoms with Gasteiger partial charge in [0.15, 0.2) is 0 Å². The maximum Gasteiger partial charge on any atom is 0.0712 e. The number of aromatic nitrogens is 1. The Morgan fingerprint density at radius 3 is 2.50 bits per heavy atom. The van der Waals surface area contributed by atoms with Crippen molar-refractivity contribution in [1.82, 2.24) is 4.98 Å². The molecule has 0 unspecified atom stereocenters. The fraction of sp³-hybridized carbons (Fsp3) is 0.118. The molecule has 0 saturated heterocycles. The predicted octanol–water partition coefficient (Wildman–Crippen LogP) is 4.52. The number of hydrogen-bond acceptors (Lipinski definition) is 1. The number of fused-ring (bicyclic) bond motifs is 1. The lowest BCUT2D eigenvalue weighted by molar-refractivity contribution is 1.31. The van der Waals surface area contributed by atoms with E-state index in [1.54, 1.807) is 0 Å². The van der Waals surface area contributed by atoms with Crippen LogP contribution in [0.25, 0.3) is 22.2 Å². The Kier molecular flexibility index (Phi) is 2.60. The number of rotatable bonds is 1. The molecule has 0 radical (unpaired) electrons. The maximum atomic E-state index is 4.75. The van der Waals surface area contributed by atoms with Crippen LogP contribution in [0.4, 0.5) is 0 Å². The van der Waals surface area contributed by atoms with E-state index in [9.17, 15) is 0 Å². The zero-order valence-electron chi connectivity index (χ0n) is 10.6. The van der Waals surface area contributed by atoms with E-state index in [0.717, 1.165) is 11.2 Å². The first-order valence-corrected chi connectivity index (χ1v) is 6.18. The molecule has 2 aromatic carbocycles. The molecule has 1 heterocycles. The van der Waals surface area contributed by atoms with Crippen LogP contribution in [0.15, 0.2) is 54.6 Å². The van der Waals surface area contributed by atoms with E-state index in [4.69, 9.17) is 4.98 Å². The SMILES string of the molecule is Cc1cccc(-c2ccc3ccccc3n2)c1C. The van der Waals surface area contributed by atoms with Crippen LogP contribution in [0.3, 0.4) is 0 Å². The quantitative estimate of drug-likeness (QED) is 0.602. The van der Waals surface area contributed by atoms with Crippen LogP contribution in [-0.4, -0.2) is 4.98 Å². The highest BCUT2D eigenvalue weighted by atomic mass is 14.7. The van der Waals surface area contributed by atoms with Crippen LogP contribution in [0.1, 0.15) is 11.1 Å². The van der Waals surface area contributed by atoms with Crippen molar-refractivity contribution >= 4 is 10.9 Å². The van der Waals surface area contributed by atoms with E-state index in [-0.39, 0.29) is 0 Å². The average molecular weight is 233 g/mol. The molecule has 0 aliphatic heterocycles. The Hall–Kier alpha value is -2.15. The molecule has 88 valence electrons.